The second-order valence-electron chi connectivity index (χ2n) is 8.48. The third-order valence-corrected chi connectivity index (χ3v) is 6.24. The van der Waals surface area contributed by atoms with E-state index >= 15 is 0 Å². The molecule has 0 radical (unpaired) electrons. The standard InChI is InChI=1S/C27H30N4O4/c1-34-22-12-8-19(9-13-22)25(26(32)30-20-6-4-3-5-7-20)31(21-10-14-23(35-2)15-11-21)27(33)24-18-28-16-17-29-24/h8-18,20,25H,3-7H2,1-2H3,(H,30,32)/t25-/m1/s1. The van der Waals surface area contributed by atoms with E-state index in [9.17, 15) is 9.59 Å². The summed E-state index contributed by atoms with van der Waals surface area (Å²) in [6.07, 6.45) is 9.58. The van der Waals surface area contributed by atoms with Gasteiger partial charge >= 0.3 is 0 Å². The average Bonchev–Trinajstić information content (AvgIpc) is 2.92. The van der Waals surface area contributed by atoms with Gasteiger partial charge in [0.2, 0.25) is 5.91 Å². The van der Waals surface area contributed by atoms with Gasteiger partial charge in [0.1, 0.15) is 23.2 Å². The quantitative estimate of drug-likeness (QED) is 0.522. The topological polar surface area (TPSA) is 93.7 Å². The van der Waals surface area contributed by atoms with Crippen molar-refractivity contribution in [3.63, 3.8) is 0 Å². The Balaban J connectivity index is 1.79. The Morgan fingerprint density at radius 3 is 2.11 bits per heavy atom. The summed E-state index contributed by atoms with van der Waals surface area (Å²) >= 11 is 0. The molecule has 3 aromatic rings. The molecule has 182 valence electrons. The molecule has 1 heterocycles. The van der Waals surface area contributed by atoms with Gasteiger partial charge in [-0.3, -0.25) is 19.5 Å². The van der Waals surface area contributed by atoms with Gasteiger partial charge in [-0.15, -0.1) is 0 Å². The third-order valence-electron chi connectivity index (χ3n) is 6.24. The summed E-state index contributed by atoms with van der Waals surface area (Å²) in [7, 11) is 3.17. The van der Waals surface area contributed by atoms with Crippen molar-refractivity contribution in [1.82, 2.24) is 15.3 Å². The molecule has 4 rings (SSSR count). The van der Waals surface area contributed by atoms with E-state index in [1.54, 1.807) is 50.6 Å². The number of ether oxygens (including phenoxy) is 2. The minimum Gasteiger partial charge on any atom is -0.497 e. The molecular formula is C27H30N4O4. The minimum atomic E-state index is -0.925. The van der Waals surface area contributed by atoms with Gasteiger partial charge in [-0.1, -0.05) is 31.4 Å². The second kappa shape index (κ2) is 11.5. The third kappa shape index (κ3) is 5.77. The van der Waals surface area contributed by atoms with E-state index in [-0.39, 0.29) is 17.6 Å². The lowest BCUT2D eigenvalue weighted by molar-refractivity contribution is -0.123. The molecule has 1 aromatic heterocycles. The Labute approximate surface area is 205 Å². The van der Waals surface area contributed by atoms with Crippen LogP contribution in [-0.2, 0) is 4.79 Å². The zero-order chi connectivity index (χ0) is 24.6. The first-order valence-electron chi connectivity index (χ1n) is 11.8. The fourth-order valence-corrected chi connectivity index (χ4v) is 4.39. The molecule has 1 N–H and O–H groups in total. The Kier molecular flexibility index (Phi) is 7.92. The van der Waals surface area contributed by atoms with E-state index in [1.165, 1.54) is 29.9 Å². The molecule has 0 bridgehead atoms. The van der Waals surface area contributed by atoms with Crippen LogP contribution in [0.2, 0.25) is 0 Å². The maximum Gasteiger partial charge on any atom is 0.279 e. The van der Waals surface area contributed by atoms with Crippen LogP contribution in [0.3, 0.4) is 0 Å². The fraction of sp³-hybridized carbons (Fsp3) is 0.333. The normalized spacial score (nSPS) is 14.6. The van der Waals surface area contributed by atoms with Crippen LogP contribution in [0.15, 0.2) is 67.1 Å². The smallest absolute Gasteiger partial charge is 0.279 e. The first-order chi connectivity index (χ1) is 17.1. The van der Waals surface area contributed by atoms with E-state index in [2.05, 4.69) is 15.3 Å². The van der Waals surface area contributed by atoms with Crippen molar-refractivity contribution in [2.75, 3.05) is 19.1 Å². The predicted molar refractivity (Wildman–Crippen MR) is 133 cm³/mol. The lowest BCUT2D eigenvalue weighted by Crippen LogP contribution is -2.47. The minimum absolute atomic E-state index is 0.0846. The zero-order valence-electron chi connectivity index (χ0n) is 20.0. The summed E-state index contributed by atoms with van der Waals surface area (Å²) in [6, 6.07) is 13.4. The van der Waals surface area contributed by atoms with Gasteiger partial charge in [-0.25, -0.2) is 4.98 Å². The number of benzene rings is 2. The summed E-state index contributed by atoms with van der Waals surface area (Å²) in [6.45, 7) is 0. The van der Waals surface area contributed by atoms with E-state index in [0.717, 1.165) is 25.7 Å². The number of hydrogen-bond acceptors (Lipinski definition) is 6. The maximum atomic E-state index is 13.8. The summed E-state index contributed by atoms with van der Waals surface area (Å²) < 4.78 is 10.6. The monoisotopic (exact) mass is 474 g/mol. The molecule has 1 saturated carbocycles. The van der Waals surface area contributed by atoms with Crippen LogP contribution in [0, 0.1) is 0 Å². The molecule has 0 unspecified atom stereocenters. The number of anilines is 1. The lowest BCUT2D eigenvalue weighted by Gasteiger charge is -2.33. The van der Waals surface area contributed by atoms with Crippen molar-refractivity contribution in [2.45, 2.75) is 44.2 Å². The van der Waals surface area contributed by atoms with Gasteiger partial charge in [-0.05, 0) is 54.8 Å². The van der Waals surface area contributed by atoms with Gasteiger partial charge in [0, 0.05) is 24.1 Å². The highest BCUT2D eigenvalue weighted by Crippen LogP contribution is 2.32. The largest absolute Gasteiger partial charge is 0.497 e. The van der Waals surface area contributed by atoms with Crippen LogP contribution in [-0.4, -0.2) is 42.0 Å². The van der Waals surface area contributed by atoms with Crippen LogP contribution in [0.25, 0.3) is 0 Å². The van der Waals surface area contributed by atoms with Crippen LogP contribution >= 0.6 is 0 Å². The van der Waals surface area contributed by atoms with Gasteiger partial charge in [0.05, 0.1) is 20.4 Å². The molecule has 2 amide bonds. The molecule has 8 nitrogen and oxygen atoms in total. The van der Waals surface area contributed by atoms with Crippen molar-refractivity contribution in [3.05, 3.63) is 78.4 Å². The van der Waals surface area contributed by atoms with Crippen molar-refractivity contribution in [2.24, 2.45) is 0 Å². The first kappa shape index (κ1) is 24.2. The van der Waals surface area contributed by atoms with Crippen molar-refractivity contribution < 1.29 is 19.1 Å². The Hall–Kier alpha value is -3.94. The molecule has 1 fully saturated rings. The molecule has 0 spiro atoms. The molecule has 35 heavy (non-hydrogen) atoms. The van der Waals surface area contributed by atoms with E-state index < -0.39 is 11.9 Å². The number of carbonyl (C=O) groups excluding carboxylic acids is 2. The number of nitrogens with zero attached hydrogens (tertiary/aromatic N) is 3. The van der Waals surface area contributed by atoms with Gasteiger partial charge in [-0.2, -0.15) is 0 Å². The summed E-state index contributed by atoms with van der Waals surface area (Å²) in [5.74, 6) is 0.641. The molecule has 0 aliphatic heterocycles. The number of hydrogen-bond donors (Lipinski definition) is 1. The van der Waals surface area contributed by atoms with Crippen LogP contribution in [0.5, 0.6) is 11.5 Å². The highest BCUT2D eigenvalue weighted by atomic mass is 16.5. The molecule has 2 aromatic carbocycles. The number of nitrogens with one attached hydrogen (secondary N) is 1. The lowest BCUT2D eigenvalue weighted by atomic mass is 9.94. The van der Waals surface area contributed by atoms with Crippen molar-refractivity contribution in [3.8, 4) is 11.5 Å². The highest BCUT2D eigenvalue weighted by Gasteiger charge is 2.35. The summed E-state index contributed by atoms with van der Waals surface area (Å²) in [5, 5.41) is 3.20. The molecule has 1 aliphatic carbocycles. The van der Waals surface area contributed by atoms with Gasteiger partial charge in [0.15, 0.2) is 0 Å². The SMILES string of the molecule is COc1ccc([C@H](C(=O)NC2CCCCC2)N(C(=O)c2cnccn2)c2ccc(OC)cc2)cc1. The predicted octanol–water partition coefficient (Wildman–Crippen LogP) is 4.33. The Morgan fingerprint density at radius 1 is 0.914 bits per heavy atom. The Morgan fingerprint density at radius 2 is 1.54 bits per heavy atom. The van der Waals surface area contributed by atoms with Gasteiger partial charge in [0.25, 0.3) is 5.91 Å². The van der Waals surface area contributed by atoms with E-state index in [0.29, 0.717) is 22.7 Å². The fourth-order valence-electron chi connectivity index (χ4n) is 4.39. The molecular weight excluding hydrogens is 444 g/mol. The number of amides is 2. The number of methoxy groups -OCH3 is 2. The Bertz CT molecular complexity index is 1110. The summed E-state index contributed by atoms with van der Waals surface area (Å²) in [4.78, 5) is 37.4. The maximum absolute atomic E-state index is 13.8. The second-order valence-corrected chi connectivity index (χ2v) is 8.48. The van der Waals surface area contributed by atoms with Gasteiger partial charge < -0.3 is 14.8 Å². The van der Waals surface area contributed by atoms with Crippen LogP contribution < -0.4 is 19.7 Å². The molecule has 8 heteroatoms. The van der Waals surface area contributed by atoms with Crippen LogP contribution in [0.4, 0.5) is 5.69 Å². The zero-order valence-corrected chi connectivity index (χ0v) is 20.0. The average molecular weight is 475 g/mol. The molecule has 1 atom stereocenters. The number of rotatable bonds is 8. The molecule has 1 aliphatic rings. The van der Waals surface area contributed by atoms with Crippen LogP contribution in [0.1, 0.15) is 54.2 Å². The van der Waals surface area contributed by atoms with E-state index in [4.69, 9.17) is 9.47 Å². The van der Waals surface area contributed by atoms with E-state index in [1.807, 2.05) is 12.1 Å². The summed E-state index contributed by atoms with van der Waals surface area (Å²) in [5.41, 5.74) is 1.35. The molecule has 0 saturated heterocycles. The number of aromatic nitrogens is 2. The first-order valence-corrected chi connectivity index (χ1v) is 11.8. The number of carbonyl (C=O) groups is 2. The van der Waals surface area contributed by atoms with Crippen molar-refractivity contribution in [1.29, 1.82) is 0 Å². The van der Waals surface area contributed by atoms with Crippen molar-refractivity contribution >= 4 is 17.5 Å². The highest BCUT2D eigenvalue weighted by molar-refractivity contribution is 6.09.